The van der Waals surface area contributed by atoms with E-state index in [0.717, 1.165) is 27.2 Å². The number of methoxy groups -OCH3 is 1. The molecule has 0 saturated heterocycles. The molecule has 0 bridgehead atoms. The highest BCUT2D eigenvalue weighted by Gasteiger charge is 2.30. The molecule has 5 nitrogen and oxygen atoms in total. The number of nitrogens with zero attached hydrogens (tertiary/aromatic N) is 2. The molecule has 23 heavy (non-hydrogen) atoms. The Balaban J connectivity index is 1.89. The standard InChI is InChI=1S/C17H21BrN2O3/c1-9(2)14-10(3)19-13(17(20-14)21-4)7-11-5-6-12(18)16-15(11)22-8-23-16/h5-6,9,13-14H,7-8H2,1-4H3/t13?,14-/m1/s1. The van der Waals surface area contributed by atoms with E-state index < -0.39 is 0 Å². The van der Waals surface area contributed by atoms with E-state index in [-0.39, 0.29) is 18.9 Å². The van der Waals surface area contributed by atoms with E-state index in [1.54, 1.807) is 7.11 Å². The minimum atomic E-state index is -0.121. The number of rotatable bonds is 3. The average molecular weight is 381 g/mol. The Bertz CT molecular complexity index is 670. The summed E-state index contributed by atoms with van der Waals surface area (Å²) in [5.41, 5.74) is 2.10. The van der Waals surface area contributed by atoms with E-state index in [9.17, 15) is 0 Å². The second kappa shape index (κ2) is 6.51. The molecule has 1 aromatic rings. The Morgan fingerprint density at radius 1 is 1.26 bits per heavy atom. The summed E-state index contributed by atoms with van der Waals surface area (Å²) in [6, 6.07) is 3.98. The summed E-state index contributed by atoms with van der Waals surface area (Å²) in [6.07, 6.45) is 0.674. The fraction of sp³-hybridized carbons (Fsp3) is 0.529. The van der Waals surface area contributed by atoms with Gasteiger partial charge in [-0.15, -0.1) is 0 Å². The molecular formula is C17H21BrN2O3. The van der Waals surface area contributed by atoms with Gasteiger partial charge in [-0.25, -0.2) is 4.99 Å². The van der Waals surface area contributed by atoms with Gasteiger partial charge in [0.15, 0.2) is 11.5 Å². The van der Waals surface area contributed by atoms with Gasteiger partial charge in [0.1, 0.15) is 6.04 Å². The molecule has 0 aliphatic carbocycles. The van der Waals surface area contributed by atoms with Crippen LogP contribution in [0.5, 0.6) is 11.5 Å². The maximum atomic E-state index is 5.63. The van der Waals surface area contributed by atoms with Crippen LogP contribution in [0.3, 0.4) is 0 Å². The molecule has 2 heterocycles. The quantitative estimate of drug-likeness (QED) is 0.804. The van der Waals surface area contributed by atoms with Crippen LogP contribution in [0.25, 0.3) is 0 Å². The molecule has 0 spiro atoms. The molecule has 2 atom stereocenters. The number of ether oxygens (including phenoxy) is 3. The molecule has 2 aliphatic rings. The number of hydrogen-bond acceptors (Lipinski definition) is 5. The monoisotopic (exact) mass is 380 g/mol. The number of hydrogen-bond donors (Lipinski definition) is 0. The normalized spacial score (nSPS) is 22.9. The Morgan fingerprint density at radius 2 is 2.00 bits per heavy atom. The molecule has 1 unspecified atom stereocenters. The third-order valence-corrected chi connectivity index (χ3v) is 4.77. The van der Waals surface area contributed by atoms with Gasteiger partial charge < -0.3 is 14.2 Å². The topological polar surface area (TPSA) is 52.4 Å². The fourth-order valence-electron chi connectivity index (χ4n) is 3.04. The lowest BCUT2D eigenvalue weighted by molar-refractivity contribution is 0.172. The third-order valence-electron chi connectivity index (χ3n) is 4.14. The molecular weight excluding hydrogens is 360 g/mol. The molecule has 0 amide bonds. The summed E-state index contributed by atoms with van der Waals surface area (Å²) in [4.78, 5) is 9.58. The van der Waals surface area contributed by atoms with E-state index in [0.29, 0.717) is 18.2 Å². The summed E-state index contributed by atoms with van der Waals surface area (Å²) >= 11 is 3.48. The summed E-state index contributed by atoms with van der Waals surface area (Å²) < 4.78 is 17.6. The summed E-state index contributed by atoms with van der Waals surface area (Å²) in [5, 5.41) is 0. The molecule has 0 N–H and O–H groups in total. The van der Waals surface area contributed by atoms with Crippen molar-refractivity contribution in [3.05, 3.63) is 22.2 Å². The number of halogens is 1. The van der Waals surface area contributed by atoms with Gasteiger partial charge in [-0.1, -0.05) is 19.9 Å². The predicted molar refractivity (Wildman–Crippen MR) is 93.9 cm³/mol. The fourth-order valence-corrected chi connectivity index (χ4v) is 3.46. The Labute approximate surface area is 144 Å². The van der Waals surface area contributed by atoms with Crippen LogP contribution < -0.4 is 9.47 Å². The number of aliphatic imine (C=N–C) groups is 2. The van der Waals surface area contributed by atoms with Gasteiger partial charge in [0.25, 0.3) is 0 Å². The van der Waals surface area contributed by atoms with Crippen LogP contribution in [0.2, 0.25) is 0 Å². The van der Waals surface area contributed by atoms with Crippen LogP contribution in [0.15, 0.2) is 26.6 Å². The van der Waals surface area contributed by atoms with Gasteiger partial charge in [0.2, 0.25) is 12.7 Å². The number of fused-ring (bicyclic) bond motifs is 1. The first-order chi connectivity index (χ1) is 11.0. The lowest BCUT2D eigenvalue weighted by atomic mass is 9.97. The van der Waals surface area contributed by atoms with Crippen LogP contribution in [0.4, 0.5) is 0 Å². The first-order valence-electron chi connectivity index (χ1n) is 7.74. The van der Waals surface area contributed by atoms with Crippen molar-refractivity contribution >= 4 is 27.5 Å². The lowest BCUT2D eigenvalue weighted by Gasteiger charge is -2.27. The number of benzene rings is 1. The van der Waals surface area contributed by atoms with Crippen molar-refractivity contribution in [2.45, 2.75) is 39.3 Å². The maximum Gasteiger partial charge on any atom is 0.231 e. The van der Waals surface area contributed by atoms with E-state index in [1.165, 1.54) is 0 Å². The summed E-state index contributed by atoms with van der Waals surface area (Å²) in [7, 11) is 1.66. The van der Waals surface area contributed by atoms with Crippen molar-refractivity contribution in [3.8, 4) is 11.5 Å². The predicted octanol–water partition coefficient (Wildman–Crippen LogP) is 3.63. The summed E-state index contributed by atoms with van der Waals surface area (Å²) in [6.45, 7) is 6.58. The molecule has 0 saturated carbocycles. The highest BCUT2D eigenvalue weighted by molar-refractivity contribution is 9.10. The van der Waals surface area contributed by atoms with Gasteiger partial charge in [-0.2, -0.15) is 0 Å². The Kier molecular flexibility index (Phi) is 4.62. The second-order valence-electron chi connectivity index (χ2n) is 6.12. The molecule has 0 fully saturated rings. The third kappa shape index (κ3) is 3.09. The van der Waals surface area contributed by atoms with E-state index in [1.807, 2.05) is 19.1 Å². The lowest BCUT2D eigenvalue weighted by Crippen LogP contribution is -2.36. The van der Waals surface area contributed by atoms with Gasteiger partial charge >= 0.3 is 0 Å². The Morgan fingerprint density at radius 3 is 2.70 bits per heavy atom. The molecule has 3 rings (SSSR count). The van der Waals surface area contributed by atoms with Gasteiger partial charge in [-0.05, 0) is 34.8 Å². The van der Waals surface area contributed by atoms with Crippen LogP contribution in [0.1, 0.15) is 26.3 Å². The van der Waals surface area contributed by atoms with Crippen molar-refractivity contribution in [3.63, 3.8) is 0 Å². The van der Waals surface area contributed by atoms with Gasteiger partial charge in [0, 0.05) is 17.7 Å². The molecule has 0 radical (unpaired) electrons. The van der Waals surface area contributed by atoms with Crippen molar-refractivity contribution in [2.24, 2.45) is 15.9 Å². The van der Waals surface area contributed by atoms with E-state index in [2.05, 4.69) is 29.8 Å². The zero-order valence-electron chi connectivity index (χ0n) is 13.8. The summed E-state index contributed by atoms with van der Waals surface area (Å²) in [5.74, 6) is 2.63. The smallest absolute Gasteiger partial charge is 0.231 e. The van der Waals surface area contributed by atoms with E-state index in [4.69, 9.17) is 24.2 Å². The largest absolute Gasteiger partial charge is 0.483 e. The molecule has 0 aromatic heterocycles. The van der Waals surface area contributed by atoms with Crippen molar-refractivity contribution < 1.29 is 14.2 Å². The molecule has 1 aromatic carbocycles. The zero-order valence-corrected chi connectivity index (χ0v) is 15.4. The molecule has 2 aliphatic heterocycles. The Hall–Kier alpha value is -1.56. The van der Waals surface area contributed by atoms with Crippen LogP contribution in [-0.4, -0.2) is 37.6 Å². The van der Waals surface area contributed by atoms with Crippen LogP contribution >= 0.6 is 15.9 Å². The maximum absolute atomic E-state index is 5.63. The second-order valence-corrected chi connectivity index (χ2v) is 6.98. The van der Waals surface area contributed by atoms with Crippen LogP contribution in [-0.2, 0) is 11.2 Å². The SMILES string of the molecule is COC1=N[C@H](C(C)C)C(C)=NC1Cc1ccc(Br)c2c1OCO2. The van der Waals surface area contributed by atoms with Crippen LogP contribution in [0, 0.1) is 5.92 Å². The zero-order chi connectivity index (χ0) is 16.6. The average Bonchev–Trinajstić information content (AvgIpc) is 3.00. The molecule has 6 heteroatoms. The first kappa shape index (κ1) is 16.3. The van der Waals surface area contributed by atoms with Crippen molar-refractivity contribution in [1.29, 1.82) is 0 Å². The minimum Gasteiger partial charge on any atom is -0.483 e. The first-order valence-corrected chi connectivity index (χ1v) is 8.53. The minimum absolute atomic E-state index is 0.0939. The van der Waals surface area contributed by atoms with Crippen molar-refractivity contribution in [1.82, 2.24) is 0 Å². The van der Waals surface area contributed by atoms with Gasteiger partial charge in [0.05, 0.1) is 17.6 Å². The molecule has 124 valence electrons. The van der Waals surface area contributed by atoms with Crippen molar-refractivity contribution in [2.75, 3.05) is 13.9 Å². The highest BCUT2D eigenvalue weighted by atomic mass is 79.9. The van der Waals surface area contributed by atoms with Gasteiger partial charge in [-0.3, -0.25) is 4.99 Å². The highest BCUT2D eigenvalue weighted by Crippen LogP contribution is 2.42. The van der Waals surface area contributed by atoms with E-state index >= 15 is 0 Å².